The van der Waals surface area contributed by atoms with Gasteiger partial charge in [0.2, 0.25) is 11.8 Å². The van der Waals surface area contributed by atoms with Crippen LogP contribution in [0.2, 0.25) is 0 Å². The average molecular weight is 1250 g/mol. The maximum absolute atomic E-state index is 15.7. The van der Waals surface area contributed by atoms with Crippen LogP contribution in [0.1, 0.15) is 90.7 Å². The Labute approximate surface area is 519 Å². The van der Waals surface area contributed by atoms with Crippen molar-refractivity contribution in [2.24, 2.45) is 11.8 Å². The van der Waals surface area contributed by atoms with Gasteiger partial charge in [-0.25, -0.2) is 55.9 Å². The van der Waals surface area contributed by atoms with E-state index >= 15 is 17.6 Å². The average Bonchev–Trinajstić information content (AvgIpc) is 1.61. The van der Waals surface area contributed by atoms with E-state index in [0.29, 0.717) is 60.1 Å². The van der Waals surface area contributed by atoms with E-state index in [4.69, 9.17) is 48.9 Å². The molecule has 0 bridgehead atoms. The van der Waals surface area contributed by atoms with Gasteiger partial charge in [-0.15, -0.1) is 0 Å². The maximum atomic E-state index is 15.7. The molecule has 2 N–H and O–H groups in total. The second-order valence-corrected chi connectivity index (χ2v) is 22.3. The van der Waals surface area contributed by atoms with Crippen LogP contribution in [0.15, 0.2) is 133 Å². The van der Waals surface area contributed by atoms with E-state index in [1.807, 2.05) is 21.3 Å². The first-order chi connectivity index (χ1) is 44.6. The van der Waals surface area contributed by atoms with Crippen molar-refractivity contribution in [2.75, 3.05) is 26.4 Å². The third-order valence-electron chi connectivity index (χ3n) is 16.8. The Morgan fingerprint density at radius 3 is 1.33 bits per heavy atom. The summed E-state index contributed by atoms with van der Waals surface area (Å²) in [4.78, 5) is 41.5. The molecular formula is C68H50F6N8O10. The van der Waals surface area contributed by atoms with Crippen LogP contribution in [0.5, 0.6) is 11.8 Å². The third kappa shape index (κ3) is 12.1. The van der Waals surface area contributed by atoms with Crippen LogP contribution in [0, 0.1) is 69.4 Å². The van der Waals surface area contributed by atoms with Crippen molar-refractivity contribution in [3.63, 3.8) is 0 Å². The molecule has 0 saturated carbocycles. The van der Waals surface area contributed by atoms with Gasteiger partial charge in [0.05, 0.1) is 106 Å². The zero-order chi connectivity index (χ0) is 63.9. The zero-order valence-corrected chi connectivity index (χ0v) is 48.2. The molecule has 0 aliphatic carbocycles. The fraction of sp³-hybridized carbons (Fsp3) is 0.235. The van der Waals surface area contributed by atoms with Crippen LogP contribution in [0.4, 0.5) is 26.3 Å². The number of nitrogens with zero attached hydrogens (tertiary/aromatic N) is 8. The molecule has 4 saturated heterocycles. The van der Waals surface area contributed by atoms with Gasteiger partial charge in [0, 0.05) is 59.1 Å². The number of aromatic nitrogens is 6. The number of hydrogen-bond acceptors (Lipinski definition) is 14. The fourth-order valence-electron chi connectivity index (χ4n) is 12.2. The first-order valence-electron chi connectivity index (χ1n) is 29.1. The van der Waals surface area contributed by atoms with Gasteiger partial charge in [0.15, 0.2) is 12.6 Å². The van der Waals surface area contributed by atoms with Gasteiger partial charge in [-0.1, -0.05) is 24.3 Å². The Kier molecular flexibility index (Phi) is 16.7. The molecule has 4 aliphatic heterocycles. The minimum absolute atomic E-state index is 0.00238. The van der Waals surface area contributed by atoms with Crippen LogP contribution in [-0.2, 0) is 45.0 Å². The minimum atomic E-state index is -1.09. The molecule has 18 nitrogen and oxygen atoms in total. The predicted octanol–water partition coefficient (Wildman–Crippen LogP) is 12.4. The molecule has 0 spiro atoms. The highest BCUT2D eigenvalue weighted by Crippen LogP contribution is 2.43. The zero-order valence-electron chi connectivity index (χ0n) is 48.2. The lowest BCUT2D eigenvalue weighted by molar-refractivity contribution is -0.0907. The van der Waals surface area contributed by atoms with E-state index in [9.17, 15) is 28.6 Å². The van der Waals surface area contributed by atoms with Crippen LogP contribution in [-0.4, -0.2) is 90.2 Å². The molecule has 6 atom stereocenters. The monoisotopic (exact) mass is 1250 g/mol. The highest BCUT2D eigenvalue weighted by Gasteiger charge is 2.45. The maximum Gasteiger partial charge on any atom is 0.335 e. The minimum Gasteiger partial charge on any atom is -0.478 e. The molecule has 10 aromatic rings. The van der Waals surface area contributed by atoms with E-state index in [0.717, 1.165) is 49.2 Å². The Morgan fingerprint density at radius 1 is 0.500 bits per heavy atom. The molecule has 24 heteroatoms. The molecule has 4 aromatic heterocycles. The van der Waals surface area contributed by atoms with E-state index in [2.05, 4.69) is 9.97 Å². The quantitative estimate of drug-likeness (QED) is 0.0855. The van der Waals surface area contributed by atoms with Gasteiger partial charge in [-0.3, -0.25) is 0 Å². The number of aromatic carboxylic acids is 2. The number of fused-ring (bicyclic) bond motifs is 4. The number of nitriles is 2. The van der Waals surface area contributed by atoms with Crippen LogP contribution in [0.25, 0.3) is 44.6 Å². The molecule has 0 radical (unpaired) electrons. The highest BCUT2D eigenvalue weighted by molar-refractivity contribution is 5.93. The lowest BCUT2D eigenvalue weighted by Crippen LogP contribution is -2.21. The summed E-state index contributed by atoms with van der Waals surface area (Å²) >= 11 is 0. The number of imidazole rings is 2. The highest BCUT2D eigenvalue weighted by atomic mass is 19.1. The summed E-state index contributed by atoms with van der Waals surface area (Å²) < 4.78 is 129. The van der Waals surface area contributed by atoms with Gasteiger partial charge < -0.3 is 47.8 Å². The molecular weight excluding hydrogens is 1200 g/mol. The molecule has 8 heterocycles. The lowest BCUT2D eigenvalue weighted by Gasteiger charge is -2.21. The molecule has 14 rings (SSSR count). The number of halogens is 6. The van der Waals surface area contributed by atoms with Crippen LogP contribution >= 0.6 is 0 Å². The van der Waals surface area contributed by atoms with Crippen molar-refractivity contribution in [3.8, 4) is 46.4 Å². The van der Waals surface area contributed by atoms with Gasteiger partial charge in [0.25, 0.3) is 0 Å². The topological polar surface area (TPSA) is 239 Å². The number of pyridine rings is 2. The predicted molar refractivity (Wildman–Crippen MR) is 315 cm³/mol. The summed E-state index contributed by atoms with van der Waals surface area (Å²) in [6.07, 6.45) is 0.568. The number of rotatable bonds is 16. The van der Waals surface area contributed by atoms with Crippen LogP contribution in [0.3, 0.4) is 0 Å². The van der Waals surface area contributed by atoms with Crippen molar-refractivity contribution in [1.29, 1.82) is 10.5 Å². The number of carboxylic acids is 2. The summed E-state index contributed by atoms with van der Waals surface area (Å²) in [6, 6.07) is 34.0. The normalized spacial score (nSPS) is 18.9. The van der Waals surface area contributed by atoms with Crippen molar-refractivity contribution in [3.05, 3.63) is 225 Å². The summed E-state index contributed by atoms with van der Waals surface area (Å²) in [7, 11) is 0. The van der Waals surface area contributed by atoms with E-state index in [-0.39, 0.29) is 141 Å². The van der Waals surface area contributed by atoms with Gasteiger partial charge in [-0.05, 0) is 121 Å². The number of benzene rings is 6. The van der Waals surface area contributed by atoms with Crippen molar-refractivity contribution in [1.82, 2.24) is 29.1 Å². The Balaban J connectivity index is 0.000000168. The summed E-state index contributed by atoms with van der Waals surface area (Å²) in [5, 5.41) is 37.1. The number of carbonyl (C=O) groups is 2. The van der Waals surface area contributed by atoms with E-state index < -0.39 is 46.8 Å². The summed E-state index contributed by atoms with van der Waals surface area (Å²) in [5.74, 6) is -5.15. The lowest BCUT2D eigenvalue weighted by atomic mass is 9.99. The molecule has 0 unspecified atom stereocenters. The van der Waals surface area contributed by atoms with Crippen molar-refractivity contribution < 1.29 is 74.6 Å². The standard InChI is InChI=1S/2C34H25F3N4O5/c2*35-24-10-18(15-38)4-5-20(24)16-45-32-3-1-2-27(40-32)23-14-25(36)21(11-26(23)37)13-31-39-28-7-6-19(33(42)43)12-29(28)41(31)30-17-46-34-22(30)8-9-44-34/h2*1-7,10-12,14,22,30,34H,8-9,13,16-17H2,(H,42,43)/t2*22-,30-,34+/m00/s1. The third-order valence-corrected chi connectivity index (χ3v) is 16.8. The first kappa shape index (κ1) is 60.4. The Bertz CT molecular complexity index is 4370. The van der Waals surface area contributed by atoms with Gasteiger partial charge in [-0.2, -0.15) is 10.5 Å². The SMILES string of the molecule is N#Cc1ccc(COc2cccc(-c3cc(F)c(Cc4nc5ccc(C(=O)O)cc5n4[C@H]4CO[C@H]5OCC[C@H]54)cc3F)n2)c(F)c1.N#Cc1ccc(COc2cccc(-c3cc(F)c(Cc4nc5ccc(C(=O)O)cc5n4[C@H]4CO[C@H]5OCC[C@H]54)cc3F)n2)c(F)c1. The van der Waals surface area contributed by atoms with E-state index in [1.54, 1.807) is 24.3 Å². The van der Waals surface area contributed by atoms with Crippen molar-refractivity contribution in [2.45, 2.75) is 63.6 Å². The second kappa shape index (κ2) is 25.4. The fourth-order valence-corrected chi connectivity index (χ4v) is 12.2. The first-order valence-corrected chi connectivity index (χ1v) is 29.1. The molecule has 464 valence electrons. The largest absolute Gasteiger partial charge is 0.478 e. The molecule has 0 amide bonds. The number of carboxylic acid groups (broad SMARTS) is 2. The molecule has 4 aliphatic rings. The van der Waals surface area contributed by atoms with Crippen molar-refractivity contribution >= 4 is 34.0 Å². The smallest absolute Gasteiger partial charge is 0.335 e. The van der Waals surface area contributed by atoms with Gasteiger partial charge >= 0.3 is 11.9 Å². The molecule has 4 fully saturated rings. The number of ether oxygens (including phenoxy) is 6. The Hall–Kier alpha value is -10.5. The number of hydrogen-bond donors (Lipinski definition) is 2. The summed E-state index contributed by atoms with van der Waals surface area (Å²) in [5.41, 5.74) is 3.28. The molecule has 92 heavy (non-hydrogen) atoms. The Morgan fingerprint density at radius 2 is 0.924 bits per heavy atom. The van der Waals surface area contributed by atoms with E-state index in [1.165, 1.54) is 72.8 Å². The van der Waals surface area contributed by atoms with Gasteiger partial charge in [0.1, 0.15) is 59.8 Å². The second-order valence-electron chi connectivity index (χ2n) is 22.3. The van der Waals surface area contributed by atoms with Crippen LogP contribution < -0.4 is 9.47 Å². The summed E-state index contributed by atoms with van der Waals surface area (Å²) in [6.45, 7) is 1.31. The molecule has 6 aromatic carbocycles.